The van der Waals surface area contributed by atoms with E-state index >= 15 is 0 Å². The Hall–Kier alpha value is -0.800. The topological polar surface area (TPSA) is 64.9 Å². The number of anilines is 1. The molecule has 15 heavy (non-hydrogen) atoms. The molecule has 1 heterocycles. The zero-order chi connectivity index (χ0) is 10.8. The molecule has 0 radical (unpaired) electrons. The van der Waals surface area contributed by atoms with Crippen LogP contribution < -0.4 is 11.5 Å². The maximum Gasteiger partial charge on any atom is 0.133 e. The van der Waals surface area contributed by atoms with E-state index in [2.05, 4.69) is 4.98 Å². The van der Waals surface area contributed by atoms with E-state index in [0.29, 0.717) is 17.6 Å². The molecule has 0 amide bonds. The molecule has 0 unspecified atom stereocenters. The van der Waals surface area contributed by atoms with E-state index in [4.69, 9.17) is 23.1 Å². The summed E-state index contributed by atoms with van der Waals surface area (Å²) in [6.45, 7) is 0.390. The molecule has 3 nitrogen and oxygen atoms in total. The third-order valence-corrected chi connectivity index (χ3v) is 3.40. The van der Waals surface area contributed by atoms with Gasteiger partial charge in [0.15, 0.2) is 0 Å². The molecule has 4 N–H and O–H groups in total. The van der Waals surface area contributed by atoms with E-state index in [-0.39, 0.29) is 0 Å². The van der Waals surface area contributed by atoms with Gasteiger partial charge in [0.2, 0.25) is 0 Å². The van der Waals surface area contributed by atoms with Gasteiger partial charge in [-0.1, -0.05) is 24.4 Å². The number of nitrogens with zero attached hydrogens (tertiary/aromatic N) is 1. The van der Waals surface area contributed by atoms with Crippen molar-refractivity contribution in [1.82, 2.24) is 4.98 Å². The van der Waals surface area contributed by atoms with Crippen LogP contribution in [0, 0.1) is 0 Å². The number of nitrogens with two attached hydrogens (primary N) is 2. The molecule has 0 aromatic carbocycles. The average Bonchev–Trinajstić information content (AvgIpc) is 2.74. The van der Waals surface area contributed by atoms with Crippen molar-refractivity contribution in [2.75, 3.05) is 5.73 Å². The number of pyridine rings is 1. The highest BCUT2D eigenvalue weighted by molar-refractivity contribution is 6.30. The summed E-state index contributed by atoms with van der Waals surface area (Å²) in [5.41, 5.74) is 14.1. The van der Waals surface area contributed by atoms with E-state index in [1.807, 2.05) is 6.07 Å². The van der Waals surface area contributed by atoms with Crippen molar-refractivity contribution in [3.8, 4) is 0 Å². The molecule has 1 aliphatic carbocycles. The highest BCUT2D eigenvalue weighted by Crippen LogP contribution is 2.36. The van der Waals surface area contributed by atoms with Crippen LogP contribution in [0.2, 0.25) is 5.15 Å². The molecule has 4 heteroatoms. The van der Waals surface area contributed by atoms with E-state index in [9.17, 15) is 0 Å². The fourth-order valence-corrected chi connectivity index (χ4v) is 2.46. The summed E-state index contributed by atoms with van der Waals surface area (Å²) in [6.07, 6.45) is 4.88. The van der Waals surface area contributed by atoms with Gasteiger partial charge in [0.1, 0.15) is 5.15 Å². The minimum atomic E-state index is 0.390. The van der Waals surface area contributed by atoms with Crippen LogP contribution in [0.15, 0.2) is 6.07 Å². The molecule has 1 fully saturated rings. The van der Waals surface area contributed by atoms with Crippen LogP contribution in [0.1, 0.15) is 42.9 Å². The summed E-state index contributed by atoms with van der Waals surface area (Å²) < 4.78 is 0. The summed E-state index contributed by atoms with van der Waals surface area (Å²) in [6, 6.07) is 1.86. The van der Waals surface area contributed by atoms with Gasteiger partial charge < -0.3 is 11.5 Å². The Kier molecular flexibility index (Phi) is 3.12. The zero-order valence-electron chi connectivity index (χ0n) is 8.67. The Labute approximate surface area is 94.8 Å². The molecule has 1 aliphatic rings. The maximum absolute atomic E-state index is 6.03. The molecule has 2 rings (SSSR count). The highest BCUT2D eigenvalue weighted by Gasteiger charge is 2.21. The van der Waals surface area contributed by atoms with Gasteiger partial charge in [0, 0.05) is 18.0 Å². The summed E-state index contributed by atoms with van der Waals surface area (Å²) >= 11 is 6.03. The highest BCUT2D eigenvalue weighted by atomic mass is 35.5. The van der Waals surface area contributed by atoms with E-state index < -0.39 is 0 Å². The minimum Gasteiger partial charge on any atom is -0.397 e. The second-order valence-electron chi connectivity index (χ2n) is 4.10. The Morgan fingerprint density at radius 1 is 1.40 bits per heavy atom. The molecule has 0 saturated heterocycles. The monoisotopic (exact) mass is 225 g/mol. The lowest BCUT2D eigenvalue weighted by Crippen LogP contribution is -2.07. The first-order valence-corrected chi connectivity index (χ1v) is 5.75. The van der Waals surface area contributed by atoms with Gasteiger partial charge in [-0.05, 0) is 18.9 Å². The summed E-state index contributed by atoms with van der Waals surface area (Å²) in [7, 11) is 0. The summed E-state index contributed by atoms with van der Waals surface area (Å²) in [4.78, 5) is 4.39. The minimum absolute atomic E-state index is 0.390. The lowest BCUT2D eigenvalue weighted by molar-refractivity contribution is 0.699. The van der Waals surface area contributed by atoms with Crippen LogP contribution in [-0.4, -0.2) is 4.98 Å². The van der Waals surface area contributed by atoms with Gasteiger partial charge in [-0.15, -0.1) is 0 Å². The number of halogens is 1. The Bertz CT molecular complexity index is 359. The van der Waals surface area contributed by atoms with Crippen molar-refractivity contribution >= 4 is 17.3 Å². The normalized spacial score (nSPS) is 17.2. The van der Waals surface area contributed by atoms with Crippen LogP contribution in [0.4, 0.5) is 5.69 Å². The van der Waals surface area contributed by atoms with E-state index in [1.165, 1.54) is 25.7 Å². The van der Waals surface area contributed by atoms with Crippen molar-refractivity contribution < 1.29 is 0 Å². The molecule has 0 spiro atoms. The fourth-order valence-electron chi connectivity index (χ4n) is 2.23. The molecule has 0 atom stereocenters. The summed E-state index contributed by atoms with van der Waals surface area (Å²) in [5, 5.41) is 0.508. The van der Waals surface area contributed by atoms with E-state index in [0.717, 1.165) is 16.9 Å². The van der Waals surface area contributed by atoms with Gasteiger partial charge in [0.25, 0.3) is 0 Å². The third kappa shape index (κ3) is 2.08. The van der Waals surface area contributed by atoms with Crippen molar-refractivity contribution in [2.45, 2.75) is 38.1 Å². The molecular weight excluding hydrogens is 210 g/mol. The molecule has 0 aliphatic heterocycles. The third-order valence-electron chi connectivity index (χ3n) is 3.07. The number of rotatable bonds is 2. The van der Waals surface area contributed by atoms with Gasteiger partial charge in [-0.25, -0.2) is 4.98 Å². The van der Waals surface area contributed by atoms with Crippen molar-refractivity contribution in [3.05, 3.63) is 22.5 Å². The predicted molar refractivity (Wildman–Crippen MR) is 62.8 cm³/mol. The first-order chi connectivity index (χ1) is 7.22. The van der Waals surface area contributed by atoms with Crippen molar-refractivity contribution in [3.63, 3.8) is 0 Å². The van der Waals surface area contributed by atoms with Crippen LogP contribution >= 0.6 is 11.6 Å². The van der Waals surface area contributed by atoms with Crippen LogP contribution in [0.3, 0.4) is 0 Å². The largest absolute Gasteiger partial charge is 0.397 e. The summed E-state index contributed by atoms with van der Waals surface area (Å²) in [5.74, 6) is 0.495. The second kappa shape index (κ2) is 4.37. The quantitative estimate of drug-likeness (QED) is 0.760. The Balaban J connectivity index is 2.35. The molecule has 1 aromatic rings. The van der Waals surface area contributed by atoms with Crippen LogP contribution in [-0.2, 0) is 6.54 Å². The van der Waals surface area contributed by atoms with Crippen LogP contribution in [0.25, 0.3) is 0 Å². The van der Waals surface area contributed by atoms with Gasteiger partial charge in [0.05, 0.1) is 11.4 Å². The van der Waals surface area contributed by atoms with Crippen molar-refractivity contribution in [2.24, 2.45) is 5.73 Å². The Morgan fingerprint density at radius 2 is 2.07 bits per heavy atom. The molecule has 0 bridgehead atoms. The fraction of sp³-hybridized carbons (Fsp3) is 0.545. The molecule has 1 saturated carbocycles. The van der Waals surface area contributed by atoms with Gasteiger partial charge >= 0.3 is 0 Å². The number of aromatic nitrogens is 1. The van der Waals surface area contributed by atoms with Crippen LogP contribution in [0.5, 0.6) is 0 Å². The predicted octanol–water partition coefficient (Wildman–Crippen LogP) is 2.43. The molecule has 82 valence electrons. The number of hydrogen-bond donors (Lipinski definition) is 2. The number of hydrogen-bond acceptors (Lipinski definition) is 3. The van der Waals surface area contributed by atoms with E-state index in [1.54, 1.807) is 0 Å². The standard InChI is InChI=1S/C11H16ClN3/c12-11-8(6-13)5-9(14)10(15-11)7-3-1-2-4-7/h5,7H,1-4,6,13-14H2. The smallest absolute Gasteiger partial charge is 0.133 e. The zero-order valence-corrected chi connectivity index (χ0v) is 9.43. The Morgan fingerprint density at radius 3 is 2.67 bits per heavy atom. The maximum atomic E-state index is 6.03. The van der Waals surface area contributed by atoms with Gasteiger partial charge in [-0.3, -0.25) is 0 Å². The average molecular weight is 226 g/mol. The lowest BCUT2D eigenvalue weighted by atomic mass is 10.0. The molecule has 1 aromatic heterocycles. The second-order valence-corrected chi connectivity index (χ2v) is 4.46. The van der Waals surface area contributed by atoms with Gasteiger partial charge in [-0.2, -0.15) is 0 Å². The first kappa shape index (κ1) is 10.7. The SMILES string of the molecule is NCc1cc(N)c(C2CCCC2)nc1Cl. The van der Waals surface area contributed by atoms with Crippen molar-refractivity contribution in [1.29, 1.82) is 0 Å². The lowest BCUT2D eigenvalue weighted by Gasteiger charge is -2.13. The first-order valence-electron chi connectivity index (χ1n) is 5.37. The molecular formula is C11H16ClN3. The number of nitrogen functional groups attached to an aromatic ring is 1.